The van der Waals surface area contributed by atoms with E-state index in [2.05, 4.69) is 20.4 Å². The summed E-state index contributed by atoms with van der Waals surface area (Å²) in [5, 5.41) is 11.5. The molecule has 0 radical (unpaired) electrons. The first-order valence-corrected chi connectivity index (χ1v) is 10.8. The highest BCUT2D eigenvalue weighted by Crippen LogP contribution is 2.23. The fourth-order valence-corrected chi connectivity index (χ4v) is 3.62. The van der Waals surface area contributed by atoms with Gasteiger partial charge in [-0.1, -0.05) is 18.2 Å². The van der Waals surface area contributed by atoms with Crippen LogP contribution in [0.5, 0.6) is 11.5 Å². The van der Waals surface area contributed by atoms with Gasteiger partial charge in [0, 0.05) is 31.9 Å². The Morgan fingerprint density at radius 2 is 1.58 bits per heavy atom. The number of urea groups is 1. The maximum Gasteiger partial charge on any atom is 0.321 e. The summed E-state index contributed by atoms with van der Waals surface area (Å²) >= 11 is 0. The normalized spacial score (nSPS) is 13.6. The van der Waals surface area contributed by atoms with Crippen LogP contribution in [0.25, 0.3) is 11.5 Å². The predicted octanol–water partition coefficient (Wildman–Crippen LogP) is 4.88. The van der Waals surface area contributed by atoms with Crippen molar-refractivity contribution in [3.63, 3.8) is 0 Å². The van der Waals surface area contributed by atoms with Gasteiger partial charge in [-0.2, -0.15) is 0 Å². The smallest absolute Gasteiger partial charge is 0.321 e. The molecule has 4 aromatic rings. The molecule has 166 valence electrons. The van der Waals surface area contributed by atoms with E-state index in [1.165, 1.54) is 0 Å². The maximum absolute atomic E-state index is 12.7. The number of piperazine rings is 1. The number of benzene rings is 2. The van der Waals surface area contributed by atoms with Crippen molar-refractivity contribution in [2.45, 2.75) is 0 Å². The van der Waals surface area contributed by atoms with Crippen LogP contribution >= 0.6 is 0 Å². The highest BCUT2D eigenvalue weighted by molar-refractivity contribution is 5.89. The second-order valence-corrected chi connectivity index (χ2v) is 7.60. The summed E-state index contributed by atoms with van der Waals surface area (Å²) in [7, 11) is 0. The van der Waals surface area contributed by atoms with E-state index in [0.717, 1.165) is 17.3 Å². The molecule has 8 heteroatoms. The number of hydrogen-bond acceptors (Lipinski definition) is 6. The van der Waals surface area contributed by atoms with Crippen LogP contribution < -0.4 is 15.0 Å². The Balaban J connectivity index is 1.12. The Kier molecular flexibility index (Phi) is 5.88. The SMILES string of the molecule is O=C(Nc1ccc(Oc2ccccc2)cc1)N1CCN(c2ccc(-c3ccco3)nn2)CC1. The Morgan fingerprint density at radius 3 is 2.24 bits per heavy atom. The first-order chi connectivity index (χ1) is 16.2. The van der Waals surface area contributed by atoms with Gasteiger partial charge in [-0.3, -0.25) is 0 Å². The average Bonchev–Trinajstić information content (AvgIpc) is 3.41. The molecule has 0 atom stereocenters. The number of para-hydroxylation sites is 1. The van der Waals surface area contributed by atoms with Gasteiger partial charge in [0.2, 0.25) is 0 Å². The Hall–Kier alpha value is -4.33. The first kappa shape index (κ1) is 20.6. The number of ether oxygens (including phenoxy) is 1. The van der Waals surface area contributed by atoms with Crippen LogP contribution in [0, 0.1) is 0 Å². The standard InChI is InChI=1S/C25H23N5O3/c31-25(26-19-8-10-21(11-9-19)33-20-5-2-1-3-6-20)30-16-14-29(15-17-30)24-13-12-22(27-28-24)23-7-4-18-32-23/h1-13,18H,14-17H2,(H,26,31). The van der Waals surface area contributed by atoms with E-state index in [9.17, 15) is 4.79 Å². The van der Waals surface area contributed by atoms with Gasteiger partial charge in [0.15, 0.2) is 11.6 Å². The summed E-state index contributed by atoms with van der Waals surface area (Å²) < 4.78 is 11.1. The molecule has 3 heterocycles. The number of nitrogens with one attached hydrogen (secondary N) is 1. The van der Waals surface area contributed by atoms with Gasteiger partial charge in [0.1, 0.15) is 17.2 Å². The van der Waals surface area contributed by atoms with E-state index < -0.39 is 0 Å². The summed E-state index contributed by atoms with van der Waals surface area (Å²) in [6, 6.07) is 24.3. The number of hydrogen-bond donors (Lipinski definition) is 1. The second-order valence-electron chi connectivity index (χ2n) is 7.60. The number of anilines is 2. The molecule has 5 rings (SSSR count). The first-order valence-electron chi connectivity index (χ1n) is 10.8. The van der Waals surface area contributed by atoms with Gasteiger partial charge in [0.25, 0.3) is 0 Å². The van der Waals surface area contributed by atoms with Crippen molar-refractivity contribution in [1.82, 2.24) is 15.1 Å². The molecule has 1 saturated heterocycles. The number of furan rings is 1. The molecule has 0 unspecified atom stereocenters. The van der Waals surface area contributed by atoms with Crippen molar-refractivity contribution in [3.8, 4) is 23.0 Å². The lowest BCUT2D eigenvalue weighted by Gasteiger charge is -2.35. The minimum atomic E-state index is -0.120. The highest BCUT2D eigenvalue weighted by Gasteiger charge is 2.22. The van der Waals surface area contributed by atoms with Crippen molar-refractivity contribution in [2.75, 3.05) is 36.4 Å². The summed E-state index contributed by atoms with van der Waals surface area (Å²) in [6.45, 7) is 2.57. The summed E-state index contributed by atoms with van der Waals surface area (Å²) in [6.07, 6.45) is 1.61. The Bertz CT molecular complexity index is 1170. The van der Waals surface area contributed by atoms with E-state index in [1.807, 2.05) is 78.9 Å². The predicted molar refractivity (Wildman–Crippen MR) is 125 cm³/mol. The average molecular weight is 441 g/mol. The monoisotopic (exact) mass is 441 g/mol. The molecule has 0 saturated carbocycles. The topological polar surface area (TPSA) is 83.7 Å². The van der Waals surface area contributed by atoms with E-state index in [0.29, 0.717) is 43.4 Å². The highest BCUT2D eigenvalue weighted by atomic mass is 16.5. The zero-order chi connectivity index (χ0) is 22.5. The molecule has 2 aromatic heterocycles. The van der Waals surface area contributed by atoms with Gasteiger partial charge < -0.3 is 24.3 Å². The third kappa shape index (κ3) is 4.95. The van der Waals surface area contributed by atoms with Crippen molar-refractivity contribution < 1.29 is 13.9 Å². The molecular formula is C25H23N5O3. The summed E-state index contributed by atoms with van der Waals surface area (Å²) in [5.41, 5.74) is 1.42. The number of nitrogens with zero attached hydrogens (tertiary/aromatic N) is 4. The van der Waals surface area contributed by atoms with E-state index in [1.54, 1.807) is 11.2 Å². The summed E-state index contributed by atoms with van der Waals surface area (Å²) in [4.78, 5) is 16.6. The maximum atomic E-state index is 12.7. The third-order valence-electron chi connectivity index (χ3n) is 5.40. The van der Waals surface area contributed by atoms with Crippen LogP contribution in [0.2, 0.25) is 0 Å². The quantitative estimate of drug-likeness (QED) is 0.475. The van der Waals surface area contributed by atoms with Crippen molar-refractivity contribution in [1.29, 1.82) is 0 Å². The molecule has 33 heavy (non-hydrogen) atoms. The van der Waals surface area contributed by atoms with Gasteiger partial charge in [0.05, 0.1) is 6.26 Å². The molecule has 1 fully saturated rings. The van der Waals surface area contributed by atoms with Gasteiger partial charge in [-0.15, -0.1) is 10.2 Å². The largest absolute Gasteiger partial charge is 0.463 e. The van der Waals surface area contributed by atoms with E-state index in [4.69, 9.17) is 9.15 Å². The lowest BCUT2D eigenvalue weighted by atomic mass is 10.2. The van der Waals surface area contributed by atoms with E-state index >= 15 is 0 Å². The van der Waals surface area contributed by atoms with Crippen LogP contribution in [-0.4, -0.2) is 47.3 Å². The molecule has 0 bridgehead atoms. The van der Waals surface area contributed by atoms with Crippen molar-refractivity contribution >= 4 is 17.5 Å². The van der Waals surface area contributed by atoms with Crippen LogP contribution in [0.3, 0.4) is 0 Å². The van der Waals surface area contributed by atoms with Crippen molar-refractivity contribution in [3.05, 3.63) is 85.1 Å². The number of aromatic nitrogens is 2. The van der Waals surface area contributed by atoms with Gasteiger partial charge in [-0.25, -0.2) is 4.79 Å². The van der Waals surface area contributed by atoms with Crippen LogP contribution in [0.4, 0.5) is 16.3 Å². The number of carbonyl (C=O) groups excluding carboxylic acids is 1. The second kappa shape index (κ2) is 9.44. The number of rotatable bonds is 5. The molecule has 1 aliphatic heterocycles. The van der Waals surface area contributed by atoms with Crippen LogP contribution in [0.1, 0.15) is 0 Å². The Morgan fingerprint density at radius 1 is 0.818 bits per heavy atom. The summed E-state index contributed by atoms with van der Waals surface area (Å²) in [5.74, 6) is 2.97. The molecule has 0 spiro atoms. The Labute approximate surface area is 191 Å². The van der Waals surface area contributed by atoms with Crippen molar-refractivity contribution in [2.24, 2.45) is 0 Å². The molecule has 1 aliphatic rings. The molecule has 0 aliphatic carbocycles. The van der Waals surface area contributed by atoms with Crippen LogP contribution in [-0.2, 0) is 0 Å². The third-order valence-corrected chi connectivity index (χ3v) is 5.40. The zero-order valence-corrected chi connectivity index (χ0v) is 17.9. The minimum Gasteiger partial charge on any atom is -0.463 e. The molecule has 8 nitrogen and oxygen atoms in total. The fourth-order valence-electron chi connectivity index (χ4n) is 3.62. The number of carbonyl (C=O) groups is 1. The van der Waals surface area contributed by atoms with Gasteiger partial charge >= 0.3 is 6.03 Å². The lowest BCUT2D eigenvalue weighted by Crippen LogP contribution is -2.50. The molecule has 1 N–H and O–H groups in total. The number of amides is 2. The lowest BCUT2D eigenvalue weighted by molar-refractivity contribution is 0.208. The molecule has 2 aromatic carbocycles. The van der Waals surface area contributed by atoms with Crippen LogP contribution in [0.15, 0.2) is 89.5 Å². The zero-order valence-electron chi connectivity index (χ0n) is 17.9. The fraction of sp³-hybridized carbons (Fsp3) is 0.160. The molecule has 2 amide bonds. The molecular weight excluding hydrogens is 418 g/mol. The minimum absolute atomic E-state index is 0.120. The van der Waals surface area contributed by atoms with Gasteiger partial charge in [-0.05, 0) is 60.7 Å². The van der Waals surface area contributed by atoms with E-state index in [-0.39, 0.29) is 6.03 Å².